The number of hydrogen-bond acceptors (Lipinski definition) is 5. The van der Waals surface area contributed by atoms with E-state index < -0.39 is 0 Å². The predicted octanol–water partition coefficient (Wildman–Crippen LogP) is 2.85. The standard InChI is InChI=1S/C23H25N5O3/c1-24-23(29)18-5-3-4-17(14-18)8-10-28-22-19(15-26-28)20(27-11-9-25-16-27)6-7-21(22)31-13-12-30-2/h3-7,9,11,14-16H,8,10,12-13H2,1-2H3,(H,24,29). The summed E-state index contributed by atoms with van der Waals surface area (Å²) in [6.45, 7) is 1.61. The molecule has 31 heavy (non-hydrogen) atoms. The number of methoxy groups -OCH3 is 1. The smallest absolute Gasteiger partial charge is 0.251 e. The lowest BCUT2D eigenvalue weighted by Crippen LogP contribution is -2.17. The zero-order valence-corrected chi connectivity index (χ0v) is 17.6. The molecular weight excluding hydrogens is 394 g/mol. The van der Waals surface area contributed by atoms with Crippen molar-refractivity contribution in [2.45, 2.75) is 13.0 Å². The first-order valence-corrected chi connectivity index (χ1v) is 10.1. The summed E-state index contributed by atoms with van der Waals surface area (Å²) < 4.78 is 15.0. The Balaban J connectivity index is 1.65. The number of hydrogen-bond donors (Lipinski definition) is 1. The summed E-state index contributed by atoms with van der Waals surface area (Å²) in [6.07, 6.45) is 8.01. The number of imidazole rings is 1. The normalized spacial score (nSPS) is 11.0. The molecule has 0 aliphatic carbocycles. The zero-order valence-electron chi connectivity index (χ0n) is 17.6. The van der Waals surface area contributed by atoms with Gasteiger partial charge in [-0.1, -0.05) is 12.1 Å². The van der Waals surface area contributed by atoms with Gasteiger partial charge in [0.25, 0.3) is 5.91 Å². The van der Waals surface area contributed by atoms with E-state index in [0.717, 1.165) is 34.3 Å². The van der Waals surface area contributed by atoms with Crippen LogP contribution in [0.25, 0.3) is 16.6 Å². The van der Waals surface area contributed by atoms with Crippen molar-refractivity contribution in [1.29, 1.82) is 0 Å². The third-order valence-corrected chi connectivity index (χ3v) is 5.10. The Morgan fingerprint density at radius 1 is 1.19 bits per heavy atom. The lowest BCUT2D eigenvalue weighted by Gasteiger charge is -2.13. The molecule has 0 fully saturated rings. The lowest BCUT2D eigenvalue weighted by molar-refractivity contribution is 0.0963. The Morgan fingerprint density at radius 3 is 2.87 bits per heavy atom. The molecule has 0 aliphatic heterocycles. The minimum absolute atomic E-state index is 0.0924. The monoisotopic (exact) mass is 419 g/mol. The van der Waals surface area contributed by atoms with Gasteiger partial charge < -0.3 is 19.4 Å². The van der Waals surface area contributed by atoms with Crippen molar-refractivity contribution >= 4 is 16.8 Å². The second-order valence-corrected chi connectivity index (χ2v) is 7.05. The molecule has 160 valence electrons. The number of nitrogens with zero attached hydrogens (tertiary/aromatic N) is 4. The van der Waals surface area contributed by atoms with Crippen LogP contribution in [-0.4, -0.2) is 52.6 Å². The van der Waals surface area contributed by atoms with Crippen LogP contribution >= 0.6 is 0 Å². The molecule has 8 heteroatoms. The summed E-state index contributed by atoms with van der Waals surface area (Å²) in [5.74, 6) is 0.665. The predicted molar refractivity (Wildman–Crippen MR) is 118 cm³/mol. The van der Waals surface area contributed by atoms with Crippen molar-refractivity contribution in [3.63, 3.8) is 0 Å². The van der Waals surface area contributed by atoms with Crippen molar-refractivity contribution in [3.05, 3.63) is 72.4 Å². The first-order chi connectivity index (χ1) is 15.2. The fourth-order valence-electron chi connectivity index (χ4n) is 3.55. The van der Waals surface area contributed by atoms with E-state index in [9.17, 15) is 4.79 Å². The van der Waals surface area contributed by atoms with Crippen LogP contribution in [0.5, 0.6) is 5.75 Å². The summed E-state index contributed by atoms with van der Waals surface area (Å²) in [5, 5.41) is 8.28. The van der Waals surface area contributed by atoms with Crippen molar-refractivity contribution in [3.8, 4) is 11.4 Å². The quantitative estimate of drug-likeness (QED) is 0.422. The number of carbonyl (C=O) groups is 1. The van der Waals surface area contributed by atoms with Crippen LogP contribution in [0.3, 0.4) is 0 Å². The van der Waals surface area contributed by atoms with Gasteiger partial charge in [-0.05, 0) is 36.2 Å². The number of ether oxygens (including phenoxy) is 2. The average Bonchev–Trinajstić information content (AvgIpc) is 3.48. The molecule has 1 N–H and O–H groups in total. The van der Waals surface area contributed by atoms with E-state index in [2.05, 4.69) is 15.4 Å². The second kappa shape index (κ2) is 9.44. The minimum Gasteiger partial charge on any atom is -0.489 e. The van der Waals surface area contributed by atoms with Crippen molar-refractivity contribution in [2.75, 3.05) is 27.4 Å². The Labute approximate surface area is 180 Å². The minimum atomic E-state index is -0.0924. The molecule has 8 nitrogen and oxygen atoms in total. The maximum Gasteiger partial charge on any atom is 0.251 e. The van der Waals surface area contributed by atoms with Gasteiger partial charge in [-0.2, -0.15) is 5.10 Å². The van der Waals surface area contributed by atoms with Crippen LogP contribution in [0.1, 0.15) is 15.9 Å². The number of rotatable bonds is 9. The van der Waals surface area contributed by atoms with Gasteiger partial charge in [-0.3, -0.25) is 9.48 Å². The molecule has 0 spiro atoms. The number of aryl methyl sites for hydroxylation is 2. The molecule has 2 heterocycles. The largest absolute Gasteiger partial charge is 0.489 e. The molecule has 2 aromatic heterocycles. The highest BCUT2D eigenvalue weighted by molar-refractivity contribution is 5.94. The van der Waals surface area contributed by atoms with E-state index in [4.69, 9.17) is 9.47 Å². The number of nitrogens with one attached hydrogen (secondary N) is 1. The average molecular weight is 419 g/mol. The third-order valence-electron chi connectivity index (χ3n) is 5.10. The van der Waals surface area contributed by atoms with Gasteiger partial charge in [0.05, 0.1) is 24.8 Å². The van der Waals surface area contributed by atoms with Crippen LogP contribution in [0.4, 0.5) is 0 Å². The molecule has 2 aromatic carbocycles. The summed E-state index contributed by atoms with van der Waals surface area (Å²) in [5.41, 5.74) is 3.62. The zero-order chi connectivity index (χ0) is 21.6. The molecule has 4 rings (SSSR count). The summed E-state index contributed by atoms with van der Waals surface area (Å²) in [4.78, 5) is 16.1. The van der Waals surface area contributed by atoms with Crippen LogP contribution < -0.4 is 10.1 Å². The number of aromatic nitrogens is 4. The third kappa shape index (κ3) is 4.44. The Bertz CT molecular complexity index is 1170. The second-order valence-electron chi connectivity index (χ2n) is 7.05. The SMILES string of the molecule is CNC(=O)c1cccc(CCn2ncc3c(-n4ccnc4)ccc(OCCOC)c32)c1. The molecule has 0 unspecified atom stereocenters. The molecule has 0 radical (unpaired) electrons. The molecule has 4 aromatic rings. The summed E-state index contributed by atoms with van der Waals surface area (Å²) in [7, 11) is 3.28. The molecule has 0 aliphatic rings. The van der Waals surface area contributed by atoms with Gasteiger partial charge in [0.15, 0.2) is 0 Å². The van der Waals surface area contributed by atoms with Crippen LogP contribution in [-0.2, 0) is 17.7 Å². The highest BCUT2D eigenvalue weighted by Gasteiger charge is 2.15. The van der Waals surface area contributed by atoms with Crippen LogP contribution in [0.15, 0.2) is 61.3 Å². The fraction of sp³-hybridized carbons (Fsp3) is 0.261. The maximum atomic E-state index is 11.9. The van der Waals surface area contributed by atoms with Crippen LogP contribution in [0.2, 0.25) is 0 Å². The molecule has 0 saturated carbocycles. The molecular formula is C23H25N5O3. The maximum absolute atomic E-state index is 11.9. The van der Waals surface area contributed by atoms with E-state index in [1.165, 1.54) is 0 Å². The van der Waals surface area contributed by atoms with Gasteiger partial charge in [-0.25, -0.2) is 4.98 Å². The van der Waals surface area contributed by atoms with Gasteiger partial charge >= 0.3 is 0 Å². The Kier molecular flexibility index (Phi) is 6.28. The summed E-state index contributed by atoms with van der Waals surface area (Å²) >= 11 is 0. The molecule has 0 atom stereocenters. The molecule has 1 amide bonds. The lowest BCUT2D eigenvalue weighted by atomic mass is 10.1. The van der Waals surface area contributed by atoms with Crippen molar-refractivity contribution < 1.29 is 14.3 Å². The van der Waals surface area contributed by atoms with E-state index in [-0.39, 0.29) is 5.91 Å². The fourth-order valence-corrected chi connectivity index (χ4v) is 3.55. The number of carbonyl (C=O) groups excluding carboxylic acids is 1. The Morgan fingerprint density at radius 2 is 2.10 bits per heavy atom. The summed E-state index contributed by atoms with van der Waals surface area (Å²) in [6, 6.07) is 11.6. The molecule has 0 saturated heterocycles. The molecule has 0 bridgehead atoms. The number of amides is 1. The van der Waals surface area contributed by atoms with E-state index in [1.807, 2.05) is 58.0 Å². The van der Waals surface area contributed by atoms with Crippen molar-refractivity contribution in [2.24, 2.45) is 0 Å². The highest BCUT2D eigenvalue weighted by Crippen LogP contribution is 2.31. The van der Waals surface area contributed by atoms with Gasteiger partial charge in [-0.15, -0.1) is 0 Å². The topological polar surface area (TPSA) is 83.2 Å². The van der Waals surface area contributed by atoms with E-state index in [0.29, 0.717) is 25.3 Å². The van der Waals surface area contributed by atoms with Gasteiger partial charge in [0.2, 0.25) is 0 Å². The Hall–Kier alpha value is -3.65. The van der Waals surface area contributed by atoms with Crippen molar-refractivity contribution in [1.82, 2.24) is 24.6 Å². The van der Waals surface area contributed by atoms with Crippen LogP contribution in [0, 0.1) is 0 Å². The highest BCUT2D eigenvalue weighted by atomic mass is 16.5. The number of fused-ring (bicyclic) bond motifs is 1. The van der Waals surface area contributed by atoms with E-state index >= 15 is 0 Å². The first kappa shape index (κ1) is 20.6. The first-order valence-electron chi connectivity index (χ1n) is 10.1. The van der Waals surface area contributed by atoms with E-state index in [1.54, 1.807) is 26.7 Å². The van der Waals surface area contributed by atoms with Gasteiger partial charge in [0, 0.05) is 44.0 Å². The number of benzene rings is 2. The van der Waals surface area contributed by atoms with Gasteiger partial charge in [0.1, 0.15) is 17.9 Å².